The minimum atomic E-state index is -0.781. The van der Waals surface area contributed by atoms with E-state index in [2.05, 4.69) is 19.2 Å². The average molecular weight is 257 g/mol. The molecule has 0 amide bonds. The molecule has 0 aromatic carbocycles. The second kappa shape index (κ2) is 6.53. The zero-order valence-corrected chi connectivity index (χ0v) is 12.0. The van der Waals surface area contributed by atoms with Gasteiger partial charge in [0, 0.05) is 19.1 Å². The summed E-state index contributed by atoms with van der Waals surface area (Å²) in [7, 11) is 0. The number of aliphatic carboxylic acids is 1. The lowest BCUT2D eigenvalue weighted by molar-refractivity contribution is -0.145. The number of rotatable bonds is 7. The maximum atomic E-state index is 11.5. The van der Waals surface area contributed by atoms with Crippen LogP contribution < -0.4 is 5.32 Å². The van der Waals surface area contributed by atoms with Crippen molar-refractivity contribution in [2.75, 3.05) is 6.61 Å². The summed E-state index contributed by atoms with van der Waals surface area (Å²) in [5, 5.41) is 12.6. The molecule has 0 heterocycles. The summed E-state index contributed by atoms with van der Waals surface area (Å²) in [6, 6.07) is 0.176. The lowest BCUT2D eigenvalue weighted by atomic mass is 9.96. The van der Waals surface area contributed by atoms with Gasteiger partial charge in [0.25, 0.3) is 0 Å². The topological polar surface area (TPSA) is 58.6 Å². The van der Waals surface area contributed by atoms with E-state index in [1.807, 2.05) is 13.8 Å². The quantitative estimate of drug-likeness (QED) is 0.735. The Bertz CT molecular complexity index is 278. The van der Waals surface area contributed by atoms with Gasteiger partial charge in [0.1, 0.15) is 5.54 Å². The number of ether oxygens (including phenoxy) is 1. The number of carbonyl (C=O) groups is 1. The monoisotopic (exact) mass is 257 g/mol. The van der Waals surface area contributed by atoms with Crippen LogP contribution in [0.5, 0.6) is 0 Å². The van der Waals surface area contributed by atoms with E-state index in [0.29, 0.717) is 18.8 Å². The predicted octanol–water partition coefficient (Wildman–Crippen LogP) is 2.42. The molecule has 2 unspecified atom stereocenters. The molecule has 2 N–H and O–H groups in total. The molecule has 1 aliphatic carbocycles. The summed E-state index contributed by atoms with van der Waals surface area (Å²) in [6.45, 7) is 9.04. The molecule has 2 atom stereocenters. The van der Waals surface area contributed by atoms with Gasteiger partial charge in [-0.15, -0.1) is 0 Å². The largest absolute Gasteiger partial charge is 0.480 e. The molecule has 1 aliphatic rings. The molecule has 4 nitrogen and oxygen atoms in total. The summed E-state index contributed by atoms with van der Waals surface area (Å²) in [5.41, 5.74) is -0.781. The van der Waals surface area contributed by atoms with Crippen molar-refractivity contribution < 1.29 is 14.6 Å². The van der Waals surface area contributed by atoms with Crippen LogP contribution in [0.15, 0.2) is 0 Å². The molecule has 0 bridgehead atoms. The summed E-state index contributed by atoms with van der Waals surface area (Å²) >= 11 is 0. The van der Waals surface area contributed by atoms with Crippen molar-refractivity contribution in [2.45, 2.75) is 71.1 Å². The van der Waals surface area contributed by atoms with Gasteiger partial charge >= 0.3 is 5.97 Å². The number of carboxylic acids is 1. The summed E-state index contributed by atoms with van der Waals surface area (Å²) < 4.78 is 5.80. The van der Waals surface area contributed by atoms with Gasteiger partial charge in [0.05, 0.1) is 6.10 Å². The molecule has 1 fully saturated rings. The van der Waals surface area contributed by atoms with E-state index in [1.165, 1.54) is 0 Å². The number of hydrogen-bond acceptors (Lipinski definition) is 3. The number of carboxylic acid groups (broad SMARTS) is 1. The van der Waals surface area contributed by atoms with Gasteiger partial charge in [-0.25, -0.2) is 0 Å². The number of nitrogens with one attached hydrogen (secondary N) is 1. The van der Waals surface area contributed by atoms with Gasteiger partial charge in [-0.2, -0.15) is 0 Å². The molecule has 0 radical (unpaired) electrons. The summed E-state index contributed by atoms with van der Waals surface area (Å²) in [6.07, 6.45) is 3.20. The van der Waals surface area contributed by atoms with Crippen molar-refractivity contribution >= 4 is 5.97 Å². The Balaban J connectivity index is 2.47. The molecule has 106 valence electrons. The SMILES string of the molecule is CC(C)CCOC1CCC(NC(C)C)(C(=O)O)C1. The van der Waals surface area contributed by atoms with E-state index in [4.69, 9.17) is 4.74 Å². The Hall–Kier alpha value is -0.610. The average Bonchev–Trinajstić information content (AvgIpc) is 2.61. The molecule has 1 rings (SSSR count). The first kappa shape index (κ1) is 15.4. The van der Waals surface area contributed by atoms with Crippen LogP contribution in [0.2, 0.25) is 0 Å². The van der Waals surface area contributed by atoms with Gasteiger partial charge in [-0.05, 0) is 39.0 Å². The standard InChI is InChI=1S/C14H27NO3/c1-10(2)6-8-18-12-5-7-14(9-12,13(16)17)15-11(3)4/h10-12,15H,5-9H2,1-4H3,(H,16,17). The zero-order chi connectivity index (χ0) is 13.8. The third-order valence-electron chi connectivity index (χ3n) is 3.49. The summed E-state index contributed by atoms with van der Waals surface area (Å²) in [4.78, 5) is 11.5. The van der Waals surface area contributed by atoms with E-state index in [9.17, 15) is 9.90 Å². The van der Waals surface area contributed by atoms with E-state index < -0.39 is 11.5 Å². The van der Waals surface area contributed by atoms with E-state index in [0.717, 1.165) is 19.4 Å². The Morgan fingerprint density at radius 1 is 1.44 bits per heavy atom. The molecular formula is C14H27NO3. The van der Waals surface area contributed by atoms with Gasteiger partial charge in [-0.1, -0.05) is 13.8 Å². The minimum Gasteiger partial charge on any atom is -0.480 e. The van der Waals surface area contributed by atoms with Crippen LogP contribution in [0.25, 0.3) is 0 Å². The molecule has 0 spiro atoms. The fraction of sp³-hybridized carbons (Fsp3) is 0.929. The van der Waals surface area contributed by atoms with Crippen molar-refractivity contribution in [3.05, 3.63) is 0 Å². The molecule has 4 heteroatoms. The number of hydrogen-bond donors (Lipinski definition) is 2. The first-order valence-electron chi connectivity index (χ1n) is 6.98. The van der Waals surface area contributed by atoms with Crippen molar-refractivity contribution in [1.82, 2.24) is 5.32 Å². The second-order valence-electron chi connectivity index (χ2n) is 6.10. The van der Waals surface area contributed by atoms with Gasteiger partial charge in [0.15, 0.2) is 0 Å². The summed E-state index contributed by atoms with van der Waals surface area (Å²) in [5.74, 6) is -0.115. The Kier molecular flexibility index (Phi) is 5.60. The van der Waals surface area contributed by atoms with Crippen LogP contribution in [0, 0.1) is 5.92 Å². The lowest BCUT2D eigenvalue weighted by Crippen LogP contribution is -2.53. The van der Waals surface area contributed by atoms with Gasteiger partial charge in [-0.3, -0.25) is 10.1 Å². The van der Waals surface area contributed by atoms with Crippen molar-refractivity contribution in [1.29, 1.82) is 0 Å². The highest BCUT2D eigenvalue weighted by Gasteiger charge is 2.46. The van der Waals surface area contributed by atoms with Crippen molar-refractivity contribution in [3.63, 3.8) is 0 Å². The molecule has 18 heavy (non-hydrogen) atoms. The van der Waals surface area contributed by atoms with Crippen LogP contribution >= 0.6 is 0 Å². The van der Waals surface area contributed by atoms with Gasteiger partial charge < -0.3 is 9.84 Å². The van der Waals surface area contributed by atoms with Crippen LogP contribution in [0.4, 0.5) is 0 Å². The minimum absolute atomic E-state index is 0.0890. The zero-order valence-electron chi connectivity index (χ0n) is 12.0. The highest BCUT2D eigenvalue weighted by atomic mass is 16.5. The molecule has 0 aromatic rings. The van der Waals surface area contributed by atoms with E-state index >= 15 is 0 Å². The third kappa shape index (κ3) is 4.25. The second-order valence-corrected chi connectivity index (χ2v) is 6.10. The Morgan fingerprint density at radius 2 is 2.11 bits per heavy atom. The fourth-order valence-corrected chi connectivity index (χ4v) is 2.55. The normalized spacial score (nSPS) is 28.2. The smallest absolute Gasteiger partial charge is 0.324 e. The van der Waals surface area contributed by atoms with Crippen molar-refractivity contribution in [2.24, 2.45) is 5.92 Å². The maximum Gasteiger partial charge on any atom is 0.324 e. The lowest BCUT2D eigenvalue weighted by Gasteiger charge is -2.28. The molecule has 1 saturated carbocycles. The molecule has 0 aliphatic heterocycles. The van der Waals surface area contributed by atoms with Crippen LogP contribution in [0.1, 0.15) is 53.4 Å². The van der Waals surface area contributed by atoms with Crippen molar-refractivity contribution in [3.8, 4) is 0 Å². The molecular weight excluding hydrogens is 230 g/mol. The Labute approximate surface area is 110 Å². The third-order valence-corrected chi connectivity index (χ3v) is 3.49. The highest BCUT2D eigenvalue weighted by Crippen LogP contribution is 2.33. The Morgan fingerprint density at radius 3 is 2.61 bits per heavy atom. The van der Waals surface area contributed by atoms with Crippen LogP contribution in [-0.4, -0.2) is 35.4 Å². The van der Waals surface area contributed by atoms with Crippen LogP contribution in [0.3, 0.4) is 0 Å². The van der Waals surface area contributed by atoms with E-state index in [-0.39, 0.29) is 12.1 Å². The fourth-order valence-electron chi connectivity index (χ4n) is 2.55. The first-order chi connectivity index (χ1) is 8.35. The molecule has 0 saturated heterocycles. The molecule has 0 aromatic heterocycles. The highest BCUT2D eigenvalue weighted by molar-refractivity contribution is 5.79. The predicted molar refractivity (Wildman–Crippen MR) is 71.7 cm³/mol. The first-order valence-corrected chi connectivity index (χ1v) is 6.98. The van der Waals surface area contributed by atoms with Crippen LogP contribution in [-0.2, 0) is 9.53 Å². The van der Waals surface area contributed by atoms with Gasteiger partial charge in [0.2, 0.25) is 0 Å². The maximum absolute atomic E-state index is 11.5. The van der Waals surface area contributed by atoms with E-state index in [1.54, 1.807) is 0 Å².